The Hall–Kier alpha value is -1.60. The number of carbonyl (C=O) groups is 2. The lowest BCUT2D eigenvalue weighted by Crippen LogP contribution is -2.44. The predicted molar refractivity (Wildman–Crippen MR) is 92.1 cm³/mol. The first-order valence-corrected chi connectivity index (χ1v) is 9.10. The number of ether oxygens (including phenoxy) is 2. The van der Waals surface area contributed by atoms with Crippen LogP contribution in [0, 0.1) is 0 Å². The highest BCUT2D eigenvalue weighted by Gasteiger charge is 2.27. The summed E-state index contributed by atoms with van der Waals surface area (Å²) >= 11 is 1.33. The quantitative estimate of drug-likeness (QED) is 0.578. The van der Waals surface area contributed by atoms with E-state index in [1.807, 2.05) is 11.8 Å². The molecule has 7 heteroatoms. The predicted octanol–water partition coefficient (Wildman–Crippen LogP) is 2.38. The average molecular weight is 352 g/mol. The van der Waals surface area contributed by atoms with Crippen LogP contribution < -0.4 is 0 Å². The van der Waals surface area contributed by atoms with Crippen molar-refractivity contribution in [1.29, 1.82) is 0 Å². The fourth-order valence-corrected chi connectivity index (χ4v) is 3.43. The van der Waals surface area contributed by atoms with Crippen molar-refractivity contribution in [2.24, 2.45) is 0 Å². The molecule has 1 atom stereocenters. The van der Waals surface area contributed by atoms with Crippen molar-refractivity contribution in [3.8, 4) is 0 Å². The zero-order chi connectivity index (χ0) is 17.5. The highest BCUT2D eigenvalue weighted by Crippen LogP contribution is 2.28. The van der Waals surface area contributed by atoms with Crippen molar-refractivity contribution in [1.82, 2.24) is 9.88 Å². The Labute approximate surface area is 146 Å². The van der Waals surface area contributed by atoms with Crippen LogP contribution in [0.5, 0.6) is 0 Å². The number of hydrogen-bond acceptors (Lipinski definition) is 6. The molecule has 0 saturated carbocycles. The lowest BCUT2D eigenvalue weighted by molar-refractivity contribution is -0.134. The van der Waals surface area contributed by atoms with Crippen molar-refractivity contribution >= 4 is 23.6 Å². The topological polar surface area (TPSA) is 68.7 Å². The molecule has 1 fully saturated rings. The minimum Gasteiger partial charge on any atom is -0.459 e. The molecule has 0 bridgehead atoms. The van der Waals surface area contributed by atoms with Crippen molar-refractivity contribution < 1.29 is 19.1 Å². The van der Waals surface area contributed by atoms with E-state index in [0.717, 1.165) is 0 Å². The van der Waals surface area contributed by atoms with Crippen molar-refractivity contribution in [3.05, 3.63) is 23.9 Å². The fraction of sp³-hybridized carbons (Fsp3) is 0.588. The Bertz CT molecular complexity index is 573. The van der Waals surface area contributed by atoms with Crippen LogP contribution in [0.1, 0.15) is 37.6 Å². The molecular formula is C17H24N2O4S. The highest BCUT2D eigenvalue weighted by molar-refractivity contribution is 8.00. The molecule has 1 aliphatic heterocycles. The third-order valence-electron chi connectivity index (χ3n) is 3.56. The van der Waals surface area contributed by atoms with E-state index in [-0.39, 0.29) is 17.3 Å². The van der Waals surface area contributed by atoms with Crippen LogP contribution >= 0.6 is 11.8 Å². The molecule has 0 N–H and O–H groups in total. The number of rotatable bonds is 6. The molecule has 0 aromatic carbocycles. The number of esters is 1. The van der Waals surface area contributed by atoms with E-state index in [1.54, 1.807) is 32.2 Å². The summed E-state index contributed by atoms with van der Waals surface area (Å²) in [7, 11) is 0. The van der Waals surface area contributed by atoms with Gasteiger partial charge in [0.15, 0.2) is 0 Å². The minimum absolute atomic E-state index is 0.0691. The molecule has 2 heterocycles. The van der Waals surface area contributed by atoms with E-state index in [0.29, 0.717) is 43.3 Å². The Kier molecular flexibility index (Phi) is 7.05. The van der Waals surface area contributed by atoms with Gasteiger partial charge in [-0.3, -0.25) is 4.79 Å². The highest BCUT2D eigenvalue weighted by atomic mass is 32.2. The maximum atomic E-state index is 12.7. The molecule has 0 spiro atoms. The molecule has 0 aliphatic carbocycles. The van der Waals surface area contributed by atoms with Crippen LogP contribution in [0.15, 0.2) is 23.4 Å². The third kappa shape index (κ3) is 4.95. The second kappa shape index (κ2) is 9.03. The van der Waals surface area contributed by atoms with E-state index in [2.05, 4.69) is 4.98 Å². The standard InChI is InChI=1S/C17H24N2O4S/c1-4-14(16(20)19-8-10-22-11-9-19)24-15-13(6-5-7-18-15)17(21)23-12(2)3/h5-7,12,14H,4,8-11H2,1-3H3/t14-/m0/s1. The van der Waals surface area contributed by atoms with Gasteiger partial charge in [0.2, 0.25) is 5.91 Å². The second-order valence-electron chi connectivity index (χ2n) is 5.76. The lowest BCUT2D eigenvalue weighted by atomic mass is 10.2. The number of pyridine rings is 1. The van der Waals surface area contributed by atoms with Crippen LogP contribution in [0.2, 0.25) is 0 Å². The normalized spacial score (nSPS) is 16.1. The maximum Gasteiger partial charge on any atom is 0.341 e. The van der Waals surface area contributed by atoms with Gasteiger partial charge >= 0.3 is 5.97 Å². The van der Waals surface area contributed by atoms with Gasteiger partial charge in [-0.05, 0) is 32.4 Å². The van der Waals surface area contributed by atoms with Crippen LogP contribution in [0.25, 0.3) is 0 Å². The van der Waals surface area contributed by atoms with E-state index >= 15 is 0 Å². The lowest BCUT2D eigenvalue weighted by Gasteiger charge is -2.29. The molecule has 6 nitrogen and oxygen atoms in total. The second-order valence-corrected chi connectivity index (χ2v) is 6.95. The summed E-state index contributed by atoms with van der Waals surface area (Å²) in [5.41, 5.74) is 0.407. The first-order valence-electron chi connectivity index (χ1n) is 8.22. The van der Waals surface area contributed by atoms with E-state index in [1.165, 1.54) is 11.8 Å². The summed E-state index contributed by atoms with van der Waals surface area (Å²) in [6, 6.07) is 3.39. The summed E-state index contributed by atoms with van der Waals surface area (Å²) < 4.78 is 10.6. The van der Waals surface area contributed by atoms with Gasteiger partial charge in [0.1, 0.15) is 5.03 Å². The van der Waals surface area contributed by atoms with Gasteiger partial charge in [-0.2, -0.15) is 0 Å². The summed E-state index contributed by atoms with van der Waals surface area (Å²) in [5.74, 6) is -0.339. The number of thioether (sulfide) groups is 1. The summed E-state index contributed by atoms with van der Waals surface area (Å²) in [4.78, 5) is 31.0. The van der Waals surface area contributed by atoms with Crippen LogP contribution in [0.4, 0.5) is 0 Å². The van der Waals surface area contributed by atoms with E-state index < -0.39 is 5.97 Å². The largest absolute Gasteiger partial charge is 0.459 e. The molecule has 2 rings (SSSR count). The molecule has 0 radical (unpaired) electrons. The molecule has 132 valence electrons. The zero-order valence-corrected chi connectivity index (χ0v) is 15.2. The number of nitrogens with zero attached hydrogens (tertiary/aromatic N) is 2. The fourth-order valence-electron chi connectivity index (χ4n) is 2.35. The van der Waals surface area contributed by atoms with Crippen molar-refractivity contribution in [3.63, 3.8) is 0 Å². The van der Waals surface area contributed by atoms with Crippen LogP contribution in [0.3, 0.4) is 0 Å². The number of aromatic nitrogens is 1. The molecule has 0 unspecified atom stereocenters. The minimum atomic E-state index is -0.408. The molecule has 1 saturated heterocycles. The Morgan fingerprint density at radius 2 is 2.08 bits per heavy atom. The number of hydrogen-bond donors (Lipinski definition) is 0. The van der Waals surface area contributed by atoms with Crippen molar-refractivity contribution in [2.75, 3.05) is 26.3 Å². The summed E-state index contributed by atoms with van der Waals surface area (Å²) in [6.07, 6.45) is 2.09. The van der Waals surface area contributed by atoms with Gasteiger partial charge in [-0.25, -0.2) is 9.78 Å². The zero-order valence-electron chi connectivity index (χ0n) is 14.4. The van der Waals surface area contributed by atoms with Gasteiger partial charge in [0.05, 0.1) is 30.1 Å². The van der Waals surface area contributed by atoms with Gasteiger partial charge in [-0.1, -0.05) is 18.7 Å². The summed E-state index contributed by atoms with van der Waals surface area (Å²) in [6.45, 7) is 7.94. The Morgan fingerprint density at radius 3 is 2.71 bits per heavy atom. The molecule has 1 aliphatic rings. The van der Waals surface area contributed by atoms with Crippen LogP contribution in [-0.4, -0.2) is 59.4 Å². The molecular weight excluding hydrogens is 328 g/mol. The maximum absolute atomic E-state index is 12.7. The molecule has 24 heavy (non-hydrogen) atoms. The molecule has 1 aromatic heterocycles. The van der Waals surface area contributed by atoms with Gasteiger partial charge in [0.25, 0.3) is 0 Å². The molecule has 1 amide bonds. The van der Waals surface area contributed by atoms with E-state index in [4.69, 9.17) is 9.47 Å². The monoisotopic (exact) mass is 352 g/mol. The van der Waals surface area contributed by atoms with Gasteiger partial charge in [-0.15, -0.1) is 0 Å². The Morgan fingerprint density at radius 1 is 1.38 bits per heavy atom. The smallest absolute Gasteiger partial charge is 0.341 e. The Balaban J connectivity index is 2.12. The van der Waals surface area contributed by atoms with E-state index in [9.17, 15) is 9.59 Å². The number of amides is 1. The third-order valence-corrected chi connectivity index (χ3v) is 4.92. The first-order chi connectivity index (χ1) is 11.5. The molecule has 1 aromatic rings. The van der Waals surface area contributed by atoms with Gasteiger partial charge in [0, 0.05) is 19.3 Å². The SMILES string of the molecule is CC[C@H](Sc1ncccc1C(=O)OC(C)C)C(=O)N1CCOCC1. The number of carbonyl (C=O) groups excluding carboxylic acids is 2. The number of morpholine rings is 1. The van der Waals surface area contributed by atoms with Crippen molar-refractivity contribution in [2.45, 2.75) is 43.6 Å². The average Bonchev–Trinajstić information content (AvgIpc) is 2.59. The van der Waals surface area contributed by atoms with Gasteiger partial charge < -0.3 is 14.4 Å². The first kappa shape index (κ1) is 18.7. The van der Waals surface area contributed by atoms with Crippen LogP contribution in [-0.2, 0) is 14.3 Å². The summed E-state index contributed by atoms with van der Waals surface area (Å²) in [5, 5.41) is 0.264.